The first-order valence-corrected chi connectivity index (χ1v) is 5.01. The van der Waals surface area contributed by atoms with Crippen molar-refractivity contribution in [2.75, 3.05) is 0 Å². The molecule has 0 atom stereocenters. The van der Waals surface area contributed by atoms with Gasteiger partial charge in [-0.3, -0.25) is 0 Å². The van der Waals surface area contributed by atoms with Gasteiger partial charge in [-0.15, -0.1) is 0 Å². The highest BCUT2D eigenvalue weighted by atomic mass is 79.9. The van der Waals surface area contributed by atoms with Gasteiger partial charge < -0.3 is 9.52 Å². The summed E-state index contributed by atoms with van der Waals surface area (Å²) < 4.78 is 19.2. The summed E-state index contributed by atoms with van der Waals surface area (Å²) >= 11 is 3.22. The first-order chi connectivity index (χ1) is 7.24. The van der Waals surface area contributed by atoms with Crippen LogP contribution in [-0.2, 0) is 6.61 Å². The van der Waals surface area contributed by atoms with Crippen molar-refractivity contribution in [3.63, 3.8) is 0 Å². The fourth-order valence-corrected chi connectivity index (χ4v) is 1.82. The van der Waals surface area contributed by atoms with Crippen LogP contribution in [0, 0.1) is 5.82 Å². The maximum atomic E-state index is 13.5. The van der Waals surface area contributed by atoms with Crippen molar-refractivity contribution < 1.29 is 13.9 Å². The molecule has 5 heteroatoms. The molecule has 0 aliphatic heterocycles. The zero-order valence-corrected chi connectivity index (χ0v) is 9.16. The molecule has 0 aliphatic rings. The molecule has 2 rings (SSSR count). The first kappa shape index (κ1) is 10.3. The Morgan fingerprint density at radius 3 is 2.93 bits per heavy atom. The summed E-state index contributed by atoms with van der Waals surface area (Å²) in [5, 5.41) is 8.99. The Bertz CT molecular complexity index is 464. The van der Waals surface area contributed by atoms with Gasteiger partial charge >= 0.3 is 0 Å². The van der Waals surface area contributed by atoms with E-state index < -0.39 is 5.82 Å². The van der Waals surface area contributed by atoms with Crippen molar-refractivity contribution in [3.05, 3.63) is 40.6 Å². The minimum absolute atomic E-state index is 0.252. The van der Waals surface area contributed by atoms with Gasteiger partial charge in [0.25, 0.3) is 0 Å². The maximum absolute atomic E-state index is 13.5. The molecule has 0 unspecified atom stereocenters. The molecule has 0 saturated carbocycles. The second kappa shape index (κ2) is 4.12. The van der Waals surface area contributed by atoms with Crippen molar-refractivity contribution in [1.82, 2.24) is 4.98 Å². The highest BCUT2D eigenvalue weighted by Crippen LogP contribution is 2.32. The third-order valence-corrected chi connectivity index (χ3v) is 2.64. The lowest BCUT2D eigenvalue weighted by Crippen LogP contribution is -1.90. The maximum Gasteiger partial charge on any atom is 0.181 e. The monoisotopic (exact) mass is 271 g/mol. The topological polar surface area (TPSA) is 46.3 Å². The lowest BCUT2D eigenvalue weighted by molar-refractivity contribution is 0.277. The van der Waals surface area contributed by atoms with E-state index in [-0.39, 0.29) is 17.9 Å². The molecule has 3 nitrogen and oxygen atoms in total. The van der Waals surface area contributed by atoms with Crippen molar-refractivity contribution in [2.45, 2.75) is 6.61 Å². The van der Waals surface area contributed by atoms with Crippen LogP contribution in [0.15, 0.2) is 33.5 Å². The standard InChI is InChI=1S/C10H7BrFNO2/c11-6-2-1-3-7(12)9(6)10-8(4-14)13-5-15-10/h1-3,5,14H,4H2. The fraction of sp³-hybridized carbons (Fsp3) is 0.100. The predicted octanol–water partition coefficient (Wildman–Crippen LogP) is 2.74. The Labute approximate surface area is 93.7 Å². The smallest absolute Gasteiger partial charge is 0.181 e. The molecule has 0 amide bonds. The minimum Gasteiger partial charge on any atom is -0.443 e. The molecule has 1 heterocycles. The van der Waals surface area contributed by atoms with Crippen molar-refractivity contribution in [1.29, 1.82) is 0 Å². The van der Waals surface area contributed by atoms with Gasteiger partial charge in [-0.05, 0) is 28.1 Å². The third kappa shape index (κ3) is 1.80. The molecular weight excluding hydrogens is 265 g/mol. The number of aromatic nitrogens is 1. The molecule has 2 aromatic rings. The predicted molar refractivity (Wildman–Crippen MR) is 55.5 cm³/mol. The summed E-state index contributed by atoms with van der Waals surface area (Å²) in [7, 11) is 0. The lowest BCUT2D eigenvalue weighted by Gasteiger charge is -2.03. The Morgan fingerprint density at radius 1 is 1.47 bits per heavy atom. The van der Waals surface area contributed by atoms with Crippen molar-refractivity contribution >= 4 is 15.9 Å². The Kier molecular flexibility index (Phi) is 2.83. The molecule has 1 aromatic carbocycles. The van der Waals surface area contributed by atoms with Crippen LogP contribution in [0.25, 0.3) is 11.3 Å². The number of hydrogen-bond acceptors (Lipinski definition) is 3. The molecule has 0 radical (unpaired) electrons. The number of rotatable bonds is 2. The SMILES string of the molecule is OCc1ncoc1-c1c(F)cccc1Br. The normalized spacial score (nSPS) is 10.6. The van der Waals surface area contributed by atoms with Crippen molar-refractivity contribution in [2.24, 2.45) is 0 Å². The number of nitrogens with zero attached hydrogens (tertiary/aromatic N) is 1. The zero-order chi connectivity index (χ0) is 10.8. The number of aliphatic hydroxyl groups excluding tert-OH is 1. The van der Waals surface area contributed by atoms with E-state index in [4.69, 9.17) is 9.52 Å². The number of oxazole rings is 1. The molecular formula is C10H7BrFNO2. The molecule has 15 heavy (non-hydrogen) atoms. The molecule has 0 aliphatic carbocycles. The second-order valence-corrected chi connectivity index (χ2v) is 3.74. The number of benzene rings is 1. The van der Waals surface area contributed by atoms with E-state index in [1.54, 1.807) is 12.1 Å². The Morgan fingerprint density at radius 2 is 2.27 bits per heavy atom. The summed E-state index contributed by atoms with van der Waals surface area (Å²) in [4.78, 5) is 3.79. The molecule has 0 bridgehead atoms. The number of hydrogen-bond donors (Lipinski definition) is 1. The van der Waals surface area contributed by atoms with Gasteiger partial charge in [0.15, 0.2) is 12.2 Å². The van der Waals surface area contributed by atoms with Gasteiger partial charge in [0.2, 0.25) is 0 Å². The summed E-state index contributed by atoms with van der Waals surface area (Å²) in [6.07, 6.45) is 1.18. The molecule has 0 spiro atoms. The van der Waals surface area contributed by atoms with Crippen molar-refractivity contribution in [3.8, 4) is 11.3 Å². The van der Waals surface area contributed by atoms with Crippen LogP contribution in [-0.4, -0.2) is 10.1 Å². The summed E-state index contributed by atoms with van der Waals surface area (Å²) in [5.74, 6) is -0.168. The molecule has 0 saturated heterocycles. The van der Waals surface area contributed by atoms with Gasteiger partial charge in [-0.2, -0.15) is 0 Å². The van der Waals surface area contributed by atoms with E-state index in [1.165, 1.54) is 12.5 Å². The molecule has 0 fully saturated rings. The largest absolute Gasteiger partial charge is 0.443 e. The summed E-state index contributed by atoms with van der Waals surface area (Å²) in [6.45, 7) is -0.285. The molecule has 1 N–H and O–H groups in total. The third-order valence-electron chi connectivity index (χ3n) is 1.98. The molecule has 78 valence electrons. The zero-order valence-electron chi connectivity index (χ0n) is 7.58. The number of aliphatic hydroxyl groups is 1. The lowest BCUT2D eigenvalue weighted by atomic mass is 10.1. The first-order valence-electron chi connectivity index (χ1n) is 4.21. The van der Waals surface area contributed by atoms with E-state index >= 15 is 0 Å². The van der Waals surface area contributed by atoms with Crippen LogP contribution in [0.2, 0.25) is 0 Å². The quantitative estimate of drug-likeness (QED) is 0.914. The van der Waals surface area contributed by atoms with Gasteiger partial charge in [0.05, 0.1) is 12.2 Å². The summed E-state index contributed by atoms with van der Waals surface area (Å²) in [6, 6.07) is 4.60. The van der Waals surface area contributed by atoms with Gasteiger partial charge in [0.1, 0.15) is 11.5 Å². The summed E-state index contributed by atoms with van der Waals surface area (Å²) in [5.41, 5.74) is 0.597. The van der Waals surface area contributed by atoms with Crippen LogP contribution in [0.1, 0.15) is 5.69 Å². The van der Waals surface area contributed by atoms with Crippen LogP contribution in [0.3, 0.4) is 0 Å². The minimum atomic E-state index is -0.421. The van der Waals surface area contributed by atoms with E-state index in [9.17, 15) is 4.39 Å². The van der Waals surface area contributed by atoms with E-state index in [0.29, 0.717) is 10.2 Å². The average molecular weight is 272 g/mol. The molecule has 1 aromatic heterocycles. The Hall–Kier alpha value is -1.20. The highest BCUT2D eigenvalue weighted by molar-refractivity contribution is 9.10. The van der Waals surface area contributed by atoms with Gasteiger partial charge in [-0.1, -0.05) is 6.07 Å². The average Bonchev–Trinajstić information content (AvgIpc) is 2.65. The number of halogens is 2. The van der Waals surface area contributed by atoms with E-state index in [0.717, 1.165) is 0 Å². The van der Waals surface area contributed by atoms with Crippen LogP contribution in [0.4, 0.5) is 4.39 Å². The highest BCUT2D eigenvalue weighted by Gasteiger charge is 2.16. The van der Waals surface area contributed by atoms with Gasteiger partial charge in [0, 0.05) is 4.47 Å². The van der Waals surface area contributed by atoms with E-state index in [2.05, 4.69) is 20.9 Å². The van der Waals surface area contributed by atoms with E-state index in [1.807, 2.05) is 0 Å². The van der Waals surface area contributed by atoms with Crippen LogP contribution >= 0.6 is 15.9 Å². The van der Waals surface area contributed by atoms with Crippen LogP contribution < -0.4 is 0 Å². The second-order valence-electron chi connectivity index (χ2n) is 2.88. The van der Waals surface area contributed by atoms with Crippen LogP contribution in [0.5, 0.6) is 0 Å². The Balaban J connectivity index is 2.63. The van der Waals surface area contributed by atoms with Gasteiger partial charge in [-0.25, -0.2) is 9.37 Å². The fourth-order valence-electron chi connectivity index (χ4n) is 1.30.